The molecule has 2 aromatic carbocycles. The van der Waals surface area contributed by atoms with Crippen molar-refractivity contribution >= 4 is 28.1 Å². The van der Waals surface area contributed by atoms with Crippen molar-refractivity contribution in [3.05, 3.63) is 70.4 Å². The highest BCUT2D eigenvalue weighted by atomic mass is 32.1. The van der Waals surface area contributed by atoms with Gasteiger partial charge in [0.1, 0.15) is 5.60 Å². The highest BCUT2D eigenvalue weighted by Crippen LogP contribution is 2.24. The number of aliphatic hydroxyl groups is 1. The molecule has 0 radical (unpaired) electrons. The Bertz CT molecular complexity index is 823. The Morgan fingerprint density at radius 2 is 1.88 bits per heavy atom. The van der Waals surface area contributed by atoms with E-state index in [1.807, 2.05) is 47.8 Å². The van der Waals surface area contributed by atoms with Gasteiger partial charge in [0.2, 0.25) is 0 Å². The van der Waals surface area contributed by atoms with Crippen molar-refractivity contribution in [3.63, 3.8) is 0 Å². The molecule has 4 nitrogen and oxygen atoms in total. The standard InChI is InChI=1S/C19H20N2O2S/c1-19(23,17-10-5-11-24-17)13-21-18(22)20-12-15-8-4-7-14-6-2-3-9-16(14)15/h2-11,23H,12-13H2,1H3,(H2,20,21,22). The van der Waals surface area contributed by atoms with Crippen LogP contribution in [-0.4, -0.2) is 17.7 Å². The van der Waals surface area contributed by atoms with Gasteiger partial charge in [-0.1, -0.05) is 48.5 Å². The highest BCUT2D eigenvalue weighted by molar-refractivity contribution is 7.10. The second-order valence-corrected chi connectivity index (χ2v) is 6.87. The third kappa shape index (κ3) is 3.75. The molecular formula is C19H20N2O2S. The second kappa shape index (κ2) is 7.03. The van der Waals surface area contributed by atoms with Gasteiger partial charge in [-0.2, -0.15) is 0 Å². The van der Waals surface area contributed by atoms with Crippen molar-refractivity contribution in [1.29, 1.82) is 0 Å². The Kier molecular flexibility index (Phi) is 4.83. The molecule has 124 valence electrons. The quantitative estimate of drug-likeness (QED) is 0.664. The van der Waals surface area contributed by atoms with Crippen LogP contribution < -0.4 is 10.6 Å². The van der Waals surface area contributed by atoms with E-state index in [0.717, 1.165) is 21.2 Å². The van der Waals surface area contributed by atoms with E-state index in [0.29, 0.717) is 6.54 Å². The number of hydrogen-bond donors (Lipinski definition) is 3. The molecule has 3 rings (SSSR count). The maximum Gasteiger partial charge on any atom is 0.315 e. The summed E-state index contributed by atoms with van der Waals surface area (Å²) in [5.74, 6) is 0. The van der Waals surface area contributed by atoms with Crippen LogP contribution in [0.5, 0.6) is 0 Å². The molecule has 5 heteroatoms. The van der Waals surface area contributed by atoms with Crippen molar-refractivity contribution in [1.82, 2.24) is 10.6 Å². The van der Waals surface area contributed by atoms with E-state index >= 15 is 0 Å². The van der Waals surface area contributed by atoms with Crippen molar-refractivity contribution in [2.24, 2.45) is 0 Å². The molecule has 0 aliphatic heterocycles. The molecule has 0 spiro atoms. The Labute approximate surface area is 145 Å². The lowest BCUT2D eigenvalue weighted by atomic mass is 10.0. The number of carbonyl (C=O) groups is 1. The van der Waals surface area contributed by atoms with Gasteiger partial charge in [-0.05, 0) is 34.7 Å². The number of hydrogen-bond acceptors (Lipinski definition) is 3. The average Bonchev–Trinajstić information content (AvgIpc) is 3.14. The van der Waals surface area contributed by atoms with Gasteiger partial charge in [-0.25, -0.2) is 4.79 Å². The Morgan fingerprint density at radius 3 is 2.67 bits per heavy atom. The van der Waals surface area contributed by atoms with Gasteiger partial charge in [0, 0.05) is 11.4 Å². The maximum absolute atomic E-state index is 12.0. The summed E-state index contributed by atoms with van der Waals surface area (Å²) in [4.78, 5) is 12.9. The molecule has 0 bridgehead atoms. The maximum atomic E-state index is 12.0. The molecule has 1 heterocycles. The molecule has 1 atom stereocenters. The van der Waals surface area contributed by atoms with Gasteiger partial charge < -0.3 is 15.7 Å². The number of nitrogens with one attached hydrogen (secondary N) is 2. The molecule has 1 aromatic heterocycles. The van der Waals surface area contributed by atoms with E-state index < -0.39 is 5.60 Å². The average molecular weight is 340 g/mol. The molecule has 0 aliphatic carbocycles. The number of carbonyl (C=O) groups excluding carboxylic acids is 1. The first kappa shape index (κ1) is 16.5. The van der Waals surface area contributed by atoms with Gasteiger partial charge in [0.05, 0.1) is 6.54 Å². The minimum atomic E-state index is -1.06. The SMILES string of the molecule is CC(O)(CNC(=O)NCc1cccc2ccccc12)c1cccs1. The van der Waals surface area contributed by atoms with Crippen molar-refractivity contribution in [3.8, 4) is 0 Å². The number of rotatable bonds is 5. The molecule has 2 amide bonds. The summed E-state index contributed by atoms with van der Waals surface area (Å²) in [6.07, 6.45) is 0. The monoisotopic (exact) mass is 340 g/mol. The van der Waals surface area contributed by atoms with Crippen LogP contribution in [0.15, 0.2) is 60.0 Å². The van der Waals surface area contributed by atoms with E-state index in [1.54, 1.807) is 6.92 Å². The van der Waals surface area contributed by atoms with Crippen LogP contribution in [0, 0.1) is 0 Å². The summed E-state index contributed by atoms with van der Waals surface area (Å²) in [7, 11) is 0. The highest BCUT2D eigenvalue weighted by Gasteiger charge is 2.24. The molecule has 3 N–H and O–H groups in total. The van der Waals surface area contributed by atoms with Crippen LogP contribution in [0.3, 0.4) is 0 Å². The fourth-order valence-electron chi connectivity index (χ4n) is 2.61. The summed E-state index contributed by atoms with van der Waals surface area (Å²) in [6.45, 7) is 2.30. The van der Waals surface area contributed by atoms with Crippen molar-refractivity contribution in [2.75, 3.05) is 6.54 Å². The zero-order valence-corrected chi connectivity index (χ0v) is 14.3. The van der Waals surface area contributed by atoms with E-state index in [4.69, 9.17) is 0 Å². The third-order valence-electron chi connectivity index (χ3n) is 3.96. The number of fused-ring (bicyclic) bond motifs is 1. The predicted octanol–water partition coefficient (Wildman–Crippen LogP) is 3.61. The summed E-state index contributed by atoms with van der Waals surface area (Å²) in [5, 5.41) is 20.2. The predicted molar refractivity (Wildman–Crippen MR) is 98.1 cm³/mol. The van der Waals surface area contributed by atoms with Gasteiger partial charge in [-0.3, -0.25) is 0 Å². The van der Waals surface area contributed by atoms with Crippen LogP contribution in [-0.2, 0) is 12.1 Å². The number of amides is 2. The summed E-state index contributed by atoms with van der Waals surface area (Å²) in [6, 6.07) is 17.6. The van der Waals surface area contributed by atoms with Gasteiger partial charge in [0.15, 0.2) is 0 Å². The first-order valence-corrected chi connectivity index (χ1v) is 8.69. The molecule has 3 aromatic rings. The normalized spacial score (nSPS) is 13.4. The molecular weight excluding hydrogens is 320 g/mol. The topological polar surface area (TPSA) is 61.4 Å². The fraction of sp³-hybridized carbons (Fsp3) is 0.211. The smallest absolute Gasteiger partial charge is 0.315 e. The third-order valence-corrected chi connectivity index (χ3v) is 5.09. The second-order valence-electron chi connectivity index (χ2n) is 5.93. The number of thiophene rings is 1. The fourth-order valence-corrected chi connectivity index (χ4v) is 3.40. The first-order chi connectivity index (χ1) is 11.6. The molecule has 24 heavy (non-hydrogen) atoms. The Balaban J connectivity index is 1.58. The lowest BCUT2D eigenvalue weighted by Crippen LogP contribution is -2.42. The van der Waals surface area contributed by atoms with Crippen LogP contribution in [0.1, 0.15) is 17.4 Å². The number of urea groups is 1. The van der Waals surface area contributed by atoms with Gasteiger partial charge >= 0.3 is 6.03 Å². The van der Waals surface area contributed by atoms with Crippen molar-refractivity contribution < 1.29 is 9.90 Å². The molecule has 0 saturated heterocycles. The van der Waals surface area contributed by atoms with E-state index in [1.165, 1.54) is 11.3 Å². The summed E-state index contributed by atoms with van der Waals surface area (Å²) in [5.41, 5.74) is -0.00132. The lowest BCUT2D eigenvalue weighted by Gasteiger charge is -2.22. The summed E-state index contributed by atoms with van der Waals surface area (Å²) >= 11 is 1.47. The molecule has 0 fully saturated rings. The van der Waals surface area contributed by atoms with Crippen molar-refractivity contribution in [2.45, 2.75) is 19.1 Å². The van der Waals surface area contributed by atoms with E-state index in [-0.39, 0.29) is 12.6 Å². The minimum Gasteiger partial charge on any atom is -0.383 e. The van der Waals surface area contributed by atoms with Crippen LogP contribution in [0.25, 0.3) is 10.8 Å². The minimum absolute atomic E-state index is 0.162. The van der Waals surface area contributed by atoms with Gasteiger partial charge in [-0.15, -0.1) is 11.3 Å². The molecule has 1 unspecified atom stereocenters. The van der Waals surface area contributed by atoms with E-state index in [2.05, 4.69) is 22.8 Å². The number of benzene rings is 2. The largest absolute Gasteiger partial charge is 0.383 e. The van der Waals surface area contributed by atoms with Gasteiger partial charge in [0.25, 0.3) is 0 Å². The van der Waals surface area contributed by atoms with E-state index in [9.17, 15) is 9.90 Å². The molecule has 0 aliphatic rings. The zero-order valence-electron chi connectivity index (χ0n) is 13.5. The Morgan fingerprint density at radius 1 is 1.08 bits per heavy atom. The molecule has 0 saturated carbocycles. The zero-order chi connectivity index (χ0) is 17.0. The Hall–Kier alpha value is -2.37. The lowest BCUT2D eigenvalue weighted by molar-refractivity contribution is 0.0631. The van der Waals surface area contributed by atoms with Crippen LogP contribution in [0.4, 0.5) is 4.79 Å². The summed E-state index contributed by atoms with van der Waals surface area (Å²) < 4.78 is 0. The van der Waals surface area contributed by atoms with Crippen LogP contribution in [0.2, 0.25) is 0 Å². The van der Waals surface area contributed by atoms with Crippen LogP contribution >= 0.6 is 11.3 Å². The first-order valence-electron chi connectivity index (χ1n) is 7.81.